The summed E-state index contributed by atoms with van der Waals surface area (Å²) in [6.07, 6.45) is 3.65. The van der Waals surface area contributed by atoms with E-state index in [9.17, 15) is 0 Å². The number of nitrogens with one attached hydrogen (secondary N) is 2. The average molecular weight is 477 g/mol. The highest BCUT2D eigenvalue weighted by molar-refractivity contribution is 14.0. The zero-order valence-electron chi connectivity index (χ0n) is 16.0. The molecule has 0 amide bonds. The minimum absolute atomic E-state index is 0. The molecule has 0 unspecified atom stereocenters. The predicted molar refractivity (Wildman–Crippen MR) is 116 cm³/mol. The number of benzene rings is 1. The van der Waals surface area contributed by atoms with Crippen molar-refractivity contribution in [2.45, 2.75) is 32.7 Å². The van der Waals surface area contributed by atoms with Gasteiger partial charge in [-0.1, -0.05) is 0 Å². The minimum Gasteiger partial charge on any atom is -0.497 e. The van der Waals surface area contributed by atoms with E-state index in [1.54, 1.807) is 14.2 Å². The molecule has 0 saturated heterocycles. The largest absolute Gasteiger partial charge is 0.497 e. The molecule has 1 aromatic carbocycles. The fourth-order valence-corrected chi connectivity index (χ4v) is 2.40. The van der Waals surface area contributed by atoms with Crippen LogP contribution >= 0.6 is 24.0 Å². The van der Waals surface area contributed by atoms with Gasteiger partial charge in [-0.25, -0.2) is 4.99 Å². The van der Waals surface area contributed by atoms with Gasteiger partial charge in [-0.2, -0.15) is 0 Å². The van der Waals surface area contributed by atoms with E-state index in [2.05, 4.69) is 22.5 Å². The molecule has 1 aliphatic carbocycles. The standard InChI is InChI=1S/C19H31N3O3.HI/c1-4-20-19(21-10-5-11-25-14-15-6-7-15)22-13-16-8-9-17(23-2)12-18(16)24-3;/h8-9,12,15H,4-7,10-11,13-14H2,1-3H3,(H2,20,21,22);1H. The number of ether oxygens (including phenoxy) is 3. The van der Waals surface area contributed by atoms with Crippen molar-refractivity contribution in [3.8, 4) is 11.5 Å². The molecule has 0 aliphatic heterocycles. The van der Waals surface area contributed by atoms with Gasteiger partial charge in [0.25, 0.3) is 0 Å². The van der Waals surface area contributed by atoms with E-state index in [1.165, 1.54) is 12.8 Å². The normalized spacial score (nSPS) is 13.7. The molecule has 0 radical (unpaired) electrons. The lowest BCUT2D eigenvalue weighted by molar-refractivity contribution is 0.123. The Morgan fingerprint density at radius 2 is 2.00 bits per heavy atom. The number of guanidine groups is 1. The monoisotopic (exact) mass is 477 g/mol. The van der Waals surface area contributed by atoms with E-state index < -0.39 is 0 Å². The van der Waals surface area contributed by atoms with Crippen LogP contribution < -0.4 is 20.1 Å². The van der Waals surface area contributed by atoms with Crippen molar-refractivity contribution in [1.29, 1.82) is 0 Å². The zero-order chi connectivity index (χ0) is 17.9. The fourth-order valence-electron chi connectivity index (χ4n) is 2.40. The van der Waals surface area contributed by atoms with E-state index in [1.807, 2.05) is 18.2 Å². The van der Waals surface area contributed by atoms with Crippen LogP contribution in [0.1, 0.15) is 31.7 Å². The summed E-state index contributed by atoms with van der Waals surface area (Å²) < 4.78 is 16.3. The van der Waals surface area contributed by atoms with Crippen molar-refractivity contribution in [2.24, 2.45) is 10.9 Å². The third-order valence-corrected chi connectivity index (χ3v) is 4.05. The lowest BCUT2D eigenvalue weighted by atomic mass is 10.2. The Bertz CT molecular complexity index is 551. The number of rotatable bonds is 11. The van der Waals surface area contributed by atoms with Crippen LogP contribution in [0.2, 0.25) is 0 Å². The van der Waals surface area contributed by atoms with Crippen molar-refractivity contribution in [2.75, 3.05) is 40.5 Å². The van der Waals surface area contributed by atoms with Crippen molar-refractivity contribution < 1.29 is 14.2 Å². The first-order chi connectivity index (χ1) is 12.3. The number of nitrogens with zero attached hydrogens (tertiary/aromatic N) is 1. The molecule has 1 saturated carbocycles. The Morgan fingerprint density at radius 3 is 2.65 bits per heavy atom. The Morgan fingerprint density at radius 1 is 1.19 bits per heavy atom. The Balaban J connectivity index is 0.00000338. The van der Waals surface area contributed by atoms with Gasteiger partial charge in [-0.05, 0) is 44.2 Å². The summed E-state index contributed by atoms with van der Waals surface area (Å²) in [4.78, 5) is 4.64. The molecule has 1 fully saturated rings. The van der Waals surface area contributed by atoms with Crippen LogP contribution in [0.15, 0.2) is 23.2 Å². The molecule has 6 nitrogen and oxygen atoms in total. The third kappa shape index (κ3) is 8.44. The molecule has 2 rings (SSSR count). The lowest BCUT2D eigenvalue weighted by Gasteiger charge is -2.13. The van der Waals surface area contributed by atoms with Crippen LogP contribution in [0.25, 0.3) is 0 Å². The lowest BCUT2D eigenvalue weighted by Crippen LogP contribution is -2.38. The summed E-state index contributed by atoms with van der Waals surface area (Å²) in [7, 11) is 3.31. The third-order valence-electron chi connectivity index (χ3n) is 4.05. The number of halogens is 1. The second kappa shape index (κ2) is 13.0. The van der Waals surface area contributed by atoms with Crippen LogP contribution in [0, 0.1) is 5.92 Å². The minimum atomic E-state index is 0. The van der Waals surface area contributed by atoms with Crippen LogP contribution in [-0.4, -0.2) is 46.5 Å². The first-order valence-corrected chi connectivity index (χ1v) is 9.07. The molecule has 148 valence electrons. The number of methoxy groups -OCH3 is 2. The molecule has 0 aromatic heterocycles. The van der Waals surface area contributed by atoms with Crippen molar-refractivity contribution in [1.82, 2.24) is 10.6 Å². The topological polar surface area (TPSA) is 64.1 Å². The van der Waals surface area contributed by atoms with Gasteiger partial charge >= 0.3 is 0 Å². The summed E-state index contributed by atoms with van der Waals surface area (Å²) in [6.45, 7) is 5.99. The Hall–Kier alpha value is -1.22. The average Bonchev–Trinajstić information content (AvgIpc) is 3.46. The molecule has 0 bridgehead atoms. The van der Waals surface area contributed by atoms with E-state index in [0.29, 0.717) is 6.54 Å². The number of aliphatic imine (C=N–C) groups is 1. The Labute approximate surface area is 174 Å². The quantitative estimate of drug-likeness (QED) is 0.222. The second-order valence-electron chi connectivity index (χ2n) is 6.17. The molecular formula is C19H32IN3O3. The van der Waals surface area contributed by atoms with Crippen LogP contribution in [0.3, 0.4) is 0 Å². The van der Waals surface area contributed by atoms with Gasteiger partial charge < -0.3 is 24.8 Å². The molecular weight excluding hydrogens is 445 g/mol. The molecule has 0 heterocycles. The van der Waals surface area contributed by atoms with Crippen molar-refractivity contribution in [3.05, 3.63) is 23.8 Å². The molecule has 7 heteroatoms. The van der Waals surface area contributed by atoms with Gasteiger partial charge in [0.2, 0.25) is 0 Å². The maximum atomic E-state index is 5.65. The van der Waals surface area contributed by atoms with Crippen LogP contribution in [-0.2, 0) is 11.3 Å². The Kier molecular flexibility index (Phi) is 11.4. The van der Waals surface area contributed by atoms with Gasteiger partial charge in [-0.15, -0.1) is 24.0 Å². The van der Waals surface area contributed by atoms with E-state index in [4.69, 9.17) is 14.2 Å². The van der Waals surface area contributed by atoms with E-state index >= 15 is 0 Å². The van der Waals surface area contributed by atoms with Crippen LogP contribution in [0.5, 0.6) is 11.5 Å². The first-order valence-electron chi connectivity index (χ1n) is 9.07. The highest BCUT2D eigenvalue weighted by atomic mass is 127. The van der Waals surface area contributed by atoms with Gasteiger partial charge in [0.05, 0.1) is 20.8 Å². The van der Waals surface area contributed by atoms with E-state index in [0.717, 1.165) is 61.7 Å². The van der Waals surface area contributed by atoms with Crippen molar-refractivity contribution >= 4 is 29.9 Å². The molecule has 2 N–H and O–H groups in total. The molecule has 0 atom stereocenters. The molecule has 26 heavy (non-hydrogen) atoms. The summed E-state index contributed by atoms with van der Waals surface area (Å²) >= 11 is 0. The first kappa shape index (κ1) is 22.8. The predicted octanol–water partition coefficient (Wildman–Crippen LogP) is 3.19. The molecule has 1 aromatic rings. The fraction of sp³-hybridized carbons (Fsp3) is 0.632. The zero-order valence-corrected chi connectivity index (χ0v) is 18.4. The maximum Gasteiger partial charge on any atom is 0.191 e. The van der Waals surface area contributed by atoms with Gasteiger partial charge in [-0.3, -0.25) is 0 Å². The molecule has 1 aliphatic rings. The summed E-state index contributed by atoms with van der Waals surface area (Å²) in [5, 5.41) is 6.61. The summed E-state index contributed by atoms with van der Waals surface area (Å²) in [6, 6.07) is 5.78. The maximum absolute atomic E-state index is 5.65. The number of hydrogen-bond donors (Lipinski definition) is 2. The summed E-state index contributed by atoms with van der Waals surface area (Å²) in [5.41, 5.74) is 1.02. The van der Waals surface area contributed by atoms with Gasteiger partial charge in [0.1, 0.15) is 11.5 Å². The van der Waals surface area contributed by atoms with Gasteiger partial charge in [0, 0.05) is 37.9 Å². The number of hydrogen-bond acceptors (Lipinski definition) is 4. The summed E-state index contributed by atoms with van der Waals surface area (Å²) in [5.74, 6) is 3.20. The SMILES string of the molecule is CCNC(=NCc1ccc(OC)cc1OC)NCCCOCC1CC1.I. The van der Waals surface area contributed by atoms with Gasteiger partial charge in [0.15, 0.2) is 5.96 Å². The van der Waals surface area contributed by atoms with Crippen LogP contribution in [0.4, 0.5) is 0 Å². The molecule has 0 spiro atoms. The highest BCUT2D eigenvalue weighted by Gasteiger charge is 2.20. The van der Waals surface area contributed by atoms with E-state index in [-0.39, 0.29) is 24.0 Å². The highest BCUT2D eigenvalue weighted by Crippen LogP contribution is 2.28. The second-order valence-corrected chi connectivity index (χ2v) is 6.17. The van der Waals surface area contributed by atoms with Crippen molar-refractivity contribution in [3.63, 3.8) is 0 Å². The smallest absolute Gasteiger partial charge is 0.191 e.